The molecule has 1 fully saturated rings. The van der Waals surface area contributed by atoms with Crippen LogP contribution in [0.25, 0.3) is 0 Å². The van der Waals surface area contributed by atoms with E-state index in [0.29, 0.717) is 12.1 Å². The first-order valence-electron chi connectivity index (χ1n) is 7.22. The number of nitrogens with zero attached hydrogens (tertiary/aromatic N) is 1. The normalized spacial score (nSPS) is 17.3. The number of carbonyl (C=O) groups is 1. The van der Waals surface area contributed by atoms with E-state index in [0.717, 1.165) is 43.4 Å². The Labute approximate surface area is 129 Å². The first-order chi connectivity index (χ1) is 9.89. The molecule has 1 aliphatic rings. The smallest absolute Gasteiger partial charge is 0.347 e. The third kappa shape index (κ3) is 3.14. The van der Waals surface area contributed by atoms with E-state index in [1.165, 1.54) is 4.31 Å². The lowest BCUT2D eigenvalue weighted by molar-refractivity contribution is 0.0698. The number of carboxylic acid groups (broad SMARTS) is 1. The summed E-state index contributed by atoms with van der Waals surface area (Å²) >= 11 is 0.980. The van der Waals surface area contributed by atoms with Crippen molar-refractivity contribution in [2.45, 2.75) is 56.9 Å². The maximum Gasteiger partial charge on any atom is 0.347 e. The van der Waals surface area contributed by atoms with Gasteiger partial charge < -0.3 is 5.11 Å². The Morgan fingerprint density at radius 3 is 2.52 bits per heavy atom. The van der Waals surface area contributed by atoms with Crippen LogP contribution in [-0.2, 0) is 10.0 Å². The third-order valence-electron chi connectivity index (χ3n) is 3.97. The first-order valence-corrected chi connectivity index (χ1v) is 9.54. The summed E-state index contributed by atoms with van der Waals surface area (Å²) in [7, 11) is -3.75. The topological polar surface area (TPSA) is 74.7 Å². The minimum absolute atomic E-state index is 0.00491. The molecule has 1 saturated carbocycles. The van der Waals surface area contributed by atoms with Crippen LogP contribution < -0.4 is 0 Å². The summed E-state index contributed by atoms with van der Waals surface area (Å²) < 4.78 is 27.4. The largest absolute Gasteiger partial charge is 0.477 e. The van der Waals surface area contributed by atoms with Crippen LogP contribution in [0.4, 0.5) is 0 Å². The van der Waals surface area contributed by atoms with E-state index in [1.807, 2.05) is 6.92 Å². The lowest BCUT2D eigenvalue weighted by Crippen LogP contribution is -2.41. The highest BCUT2D eigenvalue weighted by atomic mass is 32.2. The Bertz CT molecular complexity index is 615. The molecule has 118 valence electrons. The van der Waals surface area contributed by atoms with Gasteiger partial charge in [0.25, 0.3) is 0 Å². The predicted molar refractivity (Wildman–Crippen MR) is 82.5 cm³/mol. The maximum atomic E-state index is 12.9. The van der Waals surface area contributed by atoms with Crippen molar-refractivity contribution in [2.24, 2.45) is 0 Å². The van der Waals surface area contributed by atoms with Gasteiger partial charge in [0.05, 0.1) is 0 Å². The highest BCUT2D eigenvalue weighted by Crippen LogP contribution is 2.33. The minimum atomic E-state index is -3.75. The lowest BCUT2D eigenvalue weighted by atomic mass is 9.95. The van der Waals surface area contributed by atoms with Gasteiger partial charge in [-0.15, -0.1) is 11.3 Å². The van der Waals surface area contributed by atoms with Crippen LogP contribution in [-0.4, -0.2) is 36.4 Å². The number of rotatable bonds is 5. The zero-order valence-corrected chi connectivity index (χ0v) is 14.0. The van der Waals surface area contributed by atoms with Crippen molar-refractivity contribution in [1.82, 2.24) is 4.31 Å². The second-order valence-electron chi connectivity index (χ2n) is 5.38. The number of hydrogen-bond donors (Lipinski definition) is 1. The molecule has 0 atom stereocenters. The van der Waals surface area contributed by atoms with Gasteiger partial charge in [-0.25, -0.2) is 13.2 Å². The van der Waals surface area contributed by atoms with Gasteiger partial charge in [-0.3, -0.25) is 0 Å². The number of aromatic carboxylic acids is 1. The first kappa shape index (κ1) is 16.5. The highest BCUT2D eigenvalue weighted by molar-refractivity contribution is 7.89. The molecule has 1 aromatic rings. The van der Waals surface area contributed by atoms with Crippen molar-refractivity contribution < 1.29 is 18.3 Å². The van der Waals surface area contributed by atoms with Crippen molar-refractivity contribution in [2.75, 3.05) is 6.54 Å². The average molecular weight is 331 g/mol. The quantitative estimate of drug-likeness (QED) is 0.899. The van der Waals surface area contributed by atoms with Crippen molar-refractivity contribution in [1.29, 1.82) is 0 Å². The summed E-state index contributed by atoms with van der Waals surface area (Å²) in [5.74, 6) is -1.17. The van der Waals surface area contributed by atoms with Crippen molar-refractivity contribution in [3.8, 4) is 0 Å². The Kier molecular flexibility index (Phi) is 5.06. The predicted octanol–water partition coefficient (Wildman–Crippen LogP) is 3.10. The SMILES string of the molecule is CCN(C1CCCCC1)S(=O)(=O)c1c(C)csc1C(=O)O. The van der Waals surface area contributed by atoms with E-state index < -0.39 is 16.0 Å². The molecule has 1 heterocycles. The van der Waals surface area contributed by atoms with Crippen LogP contribution in [0.2, 0.25) is 0 Å². The van der Waals surface area contributed by atoms with Gasteiger partial charge in [-0.05, 0) is 30.7 Å². The molecule has 5 nitrogen and oxygen atoms in total. The second kappa shape index (κ2) is 6.46. The molecule has 21 heavy (non-hydrogen) atoms. The van der Waals surface area contributed by atoms with Gasteiger partial charge in [-0.1, -0.05) is 26.2 Å². The zero-order chi connectivity index (χ0) is 15.6. The van der Waals surface area contributed by atoms with Crippen LogP contribution in [0, 0.1) is 6.92 Å². The van der Waals surface area contributed by atoms with Crippen LogP contribution in [0.15, 0.2) is 10.3 Å². The number of thiophene rings is 1. The van der Waals surface area contributed by atoms with Crippen LogP contribution in [0.1, 0.15) is 54.3 Å². The molecule has 0 aromatic carbocycles. The Hall–Kier alpha value is -0.920. The standard InChI is InChI=1S/C14H21NO4S2/c1-3-15(11-7-5-4-6-8-11)21(18,19)13-10(2)9-20-12(13)14(16)17/h9,11H,3-8H2,1-2H3,(H,16,17). The molecule has 0 bridgehead atoms. The lowest BCUT2D eigenvalue weighted by Gasteiger charge is -2.32. The number of sulfonamides is 1. The van der Waals surface area contributed by atoms with Gasteiger partial charge in [-0.2, -0.15) is 4.31 Å². The second-order valence-corrected chi connectivity index (χ2v) is 8.09. The summed E-state index contributed by atoms with van der Waals surface area (Å²) in [6.07, 6.45) is 4.93. The summed E-state index contributed by atoms with van der Waals surface area (Å²) in [4.78, 5) is 11.2. The van der Waals surface area contributed by atoms with E-state index in [9.17, 15) is 18.3 Å². The van der Waals surface area contributed by atoms with E-state index >= 15 is 0 Å². The molecule has 0 spiro atoms. The number of hydrogen-bond acceptors (Lipinski definition) is 4. The van der Waals surface area contributed by atoms with E-state index in [-0.39, 0.29) is 15.8 Å². The zero-order valence-electron chi connectivity index (χ0n) is 12.3. The Balaban J connectivity index is 2.44. The molecule has 1 aromatic heterocycles. The third-order valence-corrected chi connectivity index (χ3v) is 7.40. The number of aryl methyl sites for hydroxylation is 1. The van der Waals surface area contributed by atoms with Gasteiger partial charge in [0.2, 0.25) is 10.0 Å². The molecule has 0 unspecified atom stereocenters. The van der Waals surface area contributed by atoms with E-state index in [4.69, 9.17) is 0 Å². The average Bonchev–Trinajstić information content (AvgIpc) is 2.83. The van der Waals surface area contributed by atoms with E-state index in [1.54, 1.807) is 12.3 Å². The molecule has 7 heteroatoms. The van der Waals surface area contributed by atoms with Gasteiger partial charge in [0.15, 0.2) is 0 Å². The molecule has 1 aliphatic carbocycles. The molecule has 0 aliphatic heterocycles. The van der Waals surface area contributed by atoms with Crippen LogP contribution in [0.5, 0.6) is 0 Å². The van der Waals surface area contributed by atoms with E-state index in [2.05, 4.69) is 0 Å². The molecule has 2 rings (SSSR count). The Morgan fingerprint density at radius 1 is 1.38 bits per heavy atom. The van der Waals surface area contributed by atoms with Gasteiger partial charge in [0.1, 0.15) is 9.77 Å². The highest BCUT2D eigenvalue weighted by Gasteiger charge is 2.35. The molecule has 0 saturated heterocycles. The summed E-state index contributed by atoms with van der Waals surface area (Å²) in [5, 5.41) is 10.8. The minimum Gasteiger partial charge on any atom is -0.477 e. The van der Waals surface area contributed by atoms with Crippen molar-refractivity contribution in [3.05, 3.63) is 15.8 Å². The molecule has 0 radical (unpaired) electrons. The molecular formula is C14H21NO4S2. The molecule has 0 amide bonds. The fraction of sp³-hybridized carbons (Fsp3) is 0.643. The summed E-state index contributed by atoms with van der Waals surface area (Å²) in [6.45, 7) is 3.85. The van der Waals surface area contributed by atoms with Crippen molar-refractivity contribution in [3.63, 3.8) is 0 Å². The summed E-state index contributed by atoms with van der Waals surface area (Å²) in [5.41, 5.74) is 0.520. The van der Waals surface area contributed by atoms with Crippen molar-refractivity contribution >= 4 is 27.3 Å². The fourth-order valence-electron chi connectivity index (χ4n) is 3.01. The molecule has 1 N–H and O–H groups in total. The van der Waals surface area contributed by atoms with Crippen LogP contribution >= 0.6 is 11.3 Å². The molecular weight excluding hydrogens is 310 g/mol. The van der Waals surface area contributed by atoms with Gasteiger partial charge in [0, 0.05) is 12.6 Å². The van der Waals surface area contributed by atoms with Gasteiger partial charge >= 0.3 is 5.97 Å². The fourth-order valence-corrected chi connectivity index (χ4v) is 6.29. The monoisotopic (exact) mass is 331 g/mol. The summed E-state index contributed by atoms with van der Waals surface area (Å²) in [6, 6.07) is -0.00491. The van der Waals surface area contributed by atoms with Crippen LogP contribution in [0.3, 0.4) is 0 Å². The maximum absolute atomic E-state index is 12.9. The Morgan fingerprint density at radius 2 is 2.00 bits per heavy atom. The number of carboxylic acids is 1.